The van der Waals surface area contributed by atoms with Crippen molar-refractivity contribution in [3.05, 3.63) is 11.4 Å². The van der Waals surface area contributed by atoms with Crippen molar-refractivity contribution in [3.63, 3.8) is 0 Å². The molecule has 0 saturated heterocycles. The third-order valence-corrected chi connectivity index (χ3v) is 5.37. The smallest absolute Gasteiger partial charge is 0.0895 e. The maximum atomic E-state index is 2.71. The van der Waals surface area contributed by atoms with Crippen LogP contribution in [0.3, 0.4) is 0 Å². The molecule has 2 heteroatoms. The molecule has 0 aromatic rings. The summed E-state index contributed by atoms with van der Waals surface area (Å²) in [5.74, 6) is 0. The van der Waals surface area contributed by atoms with Crippen molar-refractivity contribution in [2.75, 3.05) is 20.3 Å². The number of hydrogen-bond donors (Lipinski definition) is 0. The lowest BCUT2D eigenvalue weighted by Gasteiger charge is -2.22. The lowest BCUT2D eigenvalue weighted by atomic mass is 10.1. The van der Waals surface area contributed by atoms with Gasteiger partial charge in [0.25, 0.3) is 0 Å². The highest BCUT2D eigenvalue weighted by Crippen LogP contribution is 2.30. The van der Waals surface area contributed by atoms with Crippen LogP contribution in [-0.2, 0) is 0 Å². The summed E-state index contributed by atoms with van der Waals surface area (Å²) >= 11 is 0. The van der Waals surface area contributed by atoms with Gasteiger partial charge in [-0.1, -0.05) is 78.6 Å². The van der Waals surface area contributed by atoms with Gasteiger partial charge in [0.05, 0.1) is 6.67 Å². The summed E-state index contributed by atoms with van der Waals surface area (Å²) < 4.78 is 0. The Labute approximate surface area is 152 Å². The van der Waals surface area contributed by atoms with E-state index >= 15 is 0 Å². The Morgan fingerprint density at radius 1 is 0.625 bits per heavy atom. The van der Waals surface area contributed by atoms with E-state index < -0.39 is 0 Å². The van der Waals surface area contributed by atoms with Crippen molar-refractivity contribution in [1.82, 2.24) is 9.80 Å². The summed E-state index contributed by atoms with van der Waals surface area (Å²) in [6, 6.07) is 0. The molecule has 0 aromatic heterocycles. The van der Waals surface area contributed by atoms with Crippen molar-refractivity contribution in [2.24, 2.45) is 0 Å². The summed E-state index contributed by atoms with van der Waals surface area (Å²) in [6.45, 7) is 9.32. The minimum absolute atomic E-state index is 1.14. The van der Waals surface area contributed by atoms with Gasteiger partial charge >= 0.3 is 0 Å². The zero-order chi connectivity index (χ0) is 17.6. The Morgan fingerprint density at radius 3 is 1.67 bits per heavy atom. The Hall–Kier alpha value is -0.660. The highest BCUT2D eigenvalue weighted by Gasteiger charge is 2.25. The van der Waals surface area contributed by atoms with Crippen LogP contribution in [0.15, 0.2) is 11.4 Å². The molecule has 0 amide bonds. The van der Waals surface area contributed by atoms with E-state index in [1.165, 1.54) is 96.4 Å². The molecule has 0 saturated carbocycles. The van der Waals surface area contributed by atoms with E-state index in [0.29, 0.717) is 0 Å². The van der Waals surface area contributed by atoms with Gasteiger partial charge in [-0.3, -0.25) is 0 Å². The highest BCUT2D eigenvalue weighted by atomic mass is 15.4. The van der Waals surface area contributed by atoms with E-state index in [1.54, 1.807) is 11.4 Å². The predicted molar refractivity (Wildman–Crippen MR) is 108 cm³/mol. The second-order valence-corrected chi connectivity index (χ2v) is 7.68. The first-order valence-electron chi connectivity index (χ1n) is 10.9. The molecule has 0 spiro atoms. The van der Waals surface area contributed by atoms with Gasteiger partial charge in [0, 0.05) is 25.0 Å². The summed E-state index contributed by atoms with van der Waals surface area (Å²) in [5, 5.41) is 0. The second kappa shape index (κ2) is 13.6. The van der Waals surface area contributed by atoms with E-state index in [2.05, 4.69) is 37.6 Å². The first-order valence-corrected chi connectivity index (χ1v) is 10.9. The zero-order valence-electron chi connectivity index (χ0n) is 17.2. The standard InChI is InChI=1S/C22H44N2/c1-5-8-11-14-17-21-22(18-15-12-9-6-2)24(20-23(21)4)19-16-13-10-7-3/h5-20H2,1-4H3. The SMILES string of the molecule is CCCCCCC1=C(CCCCCC)N(CCCCCC)CN1C. The molecule has 0 unspecified atom stereocenters. The molecule has 0 atom stereocenters. The van der Waals surface area contributed by atoms with Crippen molar-refractivity contribution in [3.8, 4) is 0 Å². The molecule has 0 radical (unpaired) electrons. The average Bonchev–Trinajstić information content (AvgIpc) is 2.87. The number of nitrogens with zero attached hydrogens (tertiary/aromatic N) is 2. The quantitative estimate of drug-likeness (QED) is 0.299. The minimum atomic E-state index is 1.14. The fraction of sp³-hybridized carbons (Fsp3) is 0.909. The Morgan fingerprint density at radius 2 is 1.12 bits per heavy atom. The van der Waals surface area contributed by atoms with Gasteiger partial charge in [-0.25, -0.2) is 0 Å². The number of rotatable bonds is 15. The van der Waals surface area contributed by atoms with E-state index in [4.69, 9.17) is 0 Å². The van der Waals surface area contributed by atoms with Crippen molar-refractivity contribution < 1.29 is 0 Å². The van der Waals surface area contributed by atoms with E-state index in [-0.39, 0.29) is 0 Å². The first-order chi connectivity index (χ1) is 11.7. The minimum Gasteiger partial charge on any atom is -0.359 e. The van der Waals surface area contributed by atoms with Crippen LogP contribution in [0.1, 0.15) is 111 Å². The molecular formula is C22H44N2. The molecule has 1 rings (SSSR count). The Kier molecular flexibility index (Phi) is 12.1. The van der Waals surface area contributed by atoms with E-state index in [0.717, 1.165) is 6.67 Å². The maximum Gasteiger partial charge on any atom is 0.0895 e. The van der Waals surface area contributed by atoms with Crippen molar-refractivity contribution in [2.45, 2.75) is 111 Å². The molecule has 142 valence electrons. The summed E-state index contributed by atoms with van der Waals surface area (Å²) in [4.78, 5) is 5.25. The molecule has 24 heavy (non-hydrogen) atoms. The molecule has 2 nitrogen and oxygen atoms in total. The van der Waals surface area contributed by atoms with Crippen LogP contribution < -0.4 is 0 Å². The second-order valence-electron chi connectivity index (χ2n) is 7.68. The lowest BCUT2D eigenvalue weighted by molar-refractivity contribution is 0.264. The van der Waals surface area contributed by atoms with Crippen LogP contribution >= 0.6 is 0 Å². The van der Waals surface area contributed by atoms with Crippen LogP contribution in [0.25, 0.3) is 0 Å². The molecule has 1 heterocycles. The number of hydrogen-bond acceptors (Lipinski definition) is 2. The van der Waals surface area contributed by atoms with Crippen LogP contribution in [0.5, 0.6) is 0 Å². The van der Waals surface area contributed by atoms with Gasteiger partial charge in [-0.2, -0.15) is 0 Å². The highest BCUT2D eigenvalue weighted by molar-refractivity contribution is 5.17. The van der Waals surface area contributed by atoms with Crippen LogP contribution in [0.2, 0.25) is 0 Å². The maximum absolute atomic E-state index is 2.71. The number of unbranched alkanes of at least 4 members (excludes halogenated alkanes) is 9. The van der Waals surface area contributed by atoms with Gasteiger partial charge in [-0.15, -0.1) is 0 Å². The Bertz CT molecular complexity index is 335. The molecule has 0 fully saturated rings. The third-order valence-electron chi connectivity index (χ3n) is 5.37. The fourth-order valence-corrected chi connectivity index (χ4v) is 3.84. The molecule has 0 aliphatic carbocycles. The van der Waals surface area contributed by atoms with E-state index in [1.807, 2.05) is 0 Å². The molecule has 0 bridgehead atoms. The van der Waals surface area contributed by atoms with Gasteiger partial charge in [0.2, 0.25) is 0 Å². The van der Waals surface area contributed by atoms with Crippen LogP contribution in [0, 0.1) is 0 Å². The van der Waals surface area contributed by atoms with Crippen LogP contribution in [0.4, 0.5) is 0 Å². The lowest BCUT2D eigenvalue weighted by Crippen LogP contribution is -2.26. The molecular weight excluding hydrogens is 292 g/mol. The van der Waals surface area contributed by atoms with Crippen molar-refractivity contribution >= 4 is 0 Å². The van der Waals surface area contributed by atoms with Gasteiger partial charge in [0.15, 0.2) is 0 Å². The average molecular weight is 337 g/mol. The summed E-state index contributed by atoms with van der Waals surface area (Å²) in [6.07, 6.45) is 19.1. The van der Waals surface area contributed by atoms with Gasteiger partial charge in [-0.05, 0) is 32.1 Å². The van der Waals surface area contributed by atoms with Gasteiger partial charge in [0.1, 0.15) is 0 Å². The third kappa shape index (κ3) is 7.94. The zero-order valence-corrected chi connectivity index (χ0v) is 17.2. The normalized spacial score (nSPS) is 15.0. The van der Waals surface area contributed by atoms with Crippen molar-refractivity contribution in [1.29, 1.82) is 0 Å². The number of allylic oxidation sites excluding steroid dienone is 2. The molecule has 1 aliphatic heterocycles. The van der Waals surface area contributed by atoms with Crippen LogP contribution in [-0.4, -0.2) is 30.1 Å². The Balaban J connectivity index is 2.58. The monoisotopic (exact) mass is 336 g/mol. The molecule has 1 aliphatic rings. The van der Waals surface area contributed by atoms with Gasteiger partial charge < -0.3 is 9.80 Å². The topological polar surface area (TPSA) is 6.48 Å². The summed E-state index contributed by atoms with van der Waals surface area (Å²) in [7, 11) is 2.31. The first kappa shape index (κ1) is 21.4. The molecule has 0 aromatic carbocycles. The summed E-state index contributed by atoms with van der Waals surface area (Å²) in [5.41, 5.74) is 3.36. The predicted octanol–water partition coefficient (Wildman–Crippen LogP) is 6.92. The fourth-order valence-electron chi connectivity index (χ4n) is 3.84. The van der Waals surface area contributed by atoms with E-state index in [9.17, 15) is 0 Å². The largest absolute Gasteiger partial charge is 0.359 e. The molecule has 0 N–H and O–H groups in total.